The Bertz CT molecular complexity index is 383. The lowest BCUT2D eigenvalue weighted by Crippen LogP contribution is -2.47. The molecule has 7 heteroatoms. The van der Waals surface area contributed by atoms with E-state index in [1.807, 2.05) is 6.92 Å². The van der Waals surface area contributed by atoms with Crippen molar-refractivity contribution in [1.82, 2.24) is 9.03 Å². The Hall–Kier alpha value is -0.660. The van der Waals surface area contributed by atoms with Crippen LogP contribution in [0.3, 0.4) is 0 Å². The maximum atomic E-state index is 12.0. The fourth-order valence-corrected chi connectivity index (χ4v) is 3.39. The molecule has 1 aliphatic rings. The second-order valence-corrected chi connectivity index (χ2v) is 6.77. The van der Waals surface area contributed by atoms with Crippen LogP contribution in [0, 0.1) is 5.92 Å². The third-order valence-corrected chi connectivity index (χ3v) is 5.07. The van der Waals surface area contributed by atoms with E-state index in [2.05, 4.69) is 4.72 Å². The summed E-state index contributed by atoms with van der Waals surface area (Å²) in [6, 6.07) is -0.0315. The summed E-state index contributed by atoms with van der Waals surface area (Å²) in [4.78, 5) is 10.4. The zero-order chi connectivity index (χ0) is 13.8. The first-order valence-electron chi connectivity index (χ1n) is 6.28. The third-order valence-electron chi connectivity index (χ3n) is 3.46. The van der Waals surface area contributed by atoms with Crippen LogP contribution in [0.25, 0.3) is 0 Å². The van der Waals surface area contributed by atoms with Crippen molar-refractivity contribution in [2.24, 2.45) is 5.92 Å². The highest BCUT2D eigenvalue weighted by atomic mass is 32.2. The number of carbonyl (C=O) groups is 1. The number of hydrogen-bond acceptors (Lipinski definition) is 3. The van der Waals surface area contributed by atoms with Gasteiger partial charge in [-0.05, 0) is 18.8 Å². The molecule has 2 atom stereocenters. The van der Waals surface area contributed by atoms with Crippen molar-refractivity contribution in [3.63, 3.8) is 0 Å². The highest BCUT2D eigenvalue weighted by Gasteiger charge is 2.28. The molecule has 1 aliphatic carbocycles. The van der Waals surface area contributed by atoms with Gasteiger partial charge in [0.05, 0.1) is 6.42 Å². The summed E-state index contributed by atoms with van der Waals surface area (Å²) in [5.74, 6) is -0.663. The first-order chi connectivity index (χ1) is 8.33. The topological polar surface area (TPSA) is 86.7 Å². The van der Waals surface area contributed by atoms with Crippen LogP contribution in [0.4, 0.5) is 0 Å². The van der Waals surface area contributed by atoms with Gasteiger partial charge in [-0.1, -0.05) is 19.8 Å². The molecule has 106 valence electrons. The summed E-state index contributed by atoms with van der Waals surface area (Å²) < 4.78 is 27.7. The Morgan fingerprint density at radius 1 is 1.39 bits per heavy atom. The molecule has 0 bridgehead atoms. The first-order valence-corrected chi connectivity index (χ1v) is 7.72. The molecule has 6 nitrogen and oxygen atoms in total. The molecule has 0 amide bonds. The molecule has 0 aromatic rings. The van der Waals surface area contributed by atoms with Crippen LogP contribution in [-0.2, 0) is 15.0 Å². The molecule has 2 N–H and O–H groups in total. The largest absolute Gasteiger partial charge is 0.481 e. The Morgan fingerprint density at radius 2 is 2.00 bits per heavy atom. The summed E-state index contributed by atoms with van der Waals surface area (Å²) in [6.07, 6.45) is 3.89. The van der Waals surface area contributed by atoms with E-state index in [0.29, 0.717) is 5.92 Å². The Morgan fingerprint density at radius 3 is 2.56 bits per heavy atom. The number of hydrogen-bond donors (Lipinski definition) is 2. The molecular weight excluding hydrogens is 256 g/mol. The van der Waals surface area contributed by atoms with Crippen LogP contribution in [0.15, 0.2) is 0 Å². The molecular formula is C11H22N2O4S. The van der Waals surface area contributed by atoms with E-state index in [1.54, 1.807) is 0 Å². The molecule has 1 saturated carbocycles. The van der Waals surface area contributed by atoms with E-state index < -0.39 is 16.2 Å². The molecule has 1 fully saturated rings. The number of nitrogens with zero attached hydrogens (tertiary/aromatic N) is 1. The predicted molar refractivity (Wildman–Crippen MR) is 68.4 cm³/mol. The fraction of sp³-hybridized carbons (Fsp3) is 0.909. The third kappa shape index (κ3) is 4.55. The summed E-state index contributed by atoms with van der Waals surface area (Å²) in [5.41, 5.74) is 0. The second kappa shape index (κ2) is 6.49. The Labute approximate surface area is 109 Å². The number of rotatable bonds is 6. The van der Waals surface area contributed by atoms with Crippen molar-refractivity contribution in [1.29, 1.82) is 0 Å². The van der Waals surface area contributed by atoms with Gasteiger partial charge in [0.1, 0.15) is 0 Å². The Balaban J connectivity index is 2.54. The van der Waals surface area contributed by atoms with Crippen LogP contribution < -0.4 is 4.72 Å². The molecule has 0 heterocycles. The van der Waals surface area contributed by atoms with Crippen LogP contribution >= 0.6 is 0 Å². The van der Waals surface area contributed by atoms with Crippen LogP contribution in [0.2, 0.25) is 0 Å². The summed E-state index contributed by atoms with van der Waals surface area (Å²) in [7, 11) is -2.17. The van der Waals surface area contributed by atoms with E-state index >= 15 is 0 Å². The Kier molecular flexibility index (Phi) is 5.55. The minimum atomic E-state index is -3.57. The number of carboxylic acids is 1. The van der Waals surface area contributed by atoms with E-state index in [0.717, 1.165) is 30.0 Å². The van der Waals surface area contributed by atoms with Gasteiger partial charge in [0.2, 0.25) is 0 Å². The molecule has 0 saturated heterocycles. The van der Waals surface area contributed by atoms with Gasteiger partial charge in [-0.3, -0.25) is 4.79 Å². The van der Waals surface area contributed by atoms with E-state index in [1.165, 1.54) is 7.05 Å². The quantitative estimate of drug-likeness (QED) is 0.752. The van der Waals surface area contributed by atoms with Crippen molar-refractivity contribution in [3.05, 3.63) is 0 Å². The minimum absolute atomic E-state index is 0.00817. The lowest BCUT2D eigenvalue weighted by Gasteiger charge is -2.30. The van der Waals surface area contributed by atoms with Gasteiger partial charge in [0.25, 0.3) is 10.2 Å². The lowest BCUT2D eigenvalue weighted by atomic mass is 9.87. The zero-order valence-corrected chi connectivity index (χ0v) is 11.7. The van der Waals surface area contributed by atoms with Crippen LogP contribution in [0.1, 0.15) is 39.0 Å². The van der Waals surface area contributed by atoms with Gasteiger partial charge in [0, 0.05) is 19.6 Å². The zero-order valence-electron chi connectivity index (χ0n) is 10.9. The lowest BCUT2D eigenvalue weighted by molar-refractivity contribution is -0.137. The maximum Gasteiger partial charge on any atom is 0.304 e. The van der Waals surface area contributed by atoms with Gasteiger partial charge < -0.3 is 5.11 Å². The van der Waals surface area contributed by atoms with Crippen molar-refractivity contribution < 1.29 is 18.3 Å². The van der Waals surface area contributed by atoms with Gasteiger partial charge in [-0.2, -0.15) is 17.4 Å². The molecule has 0 aromatic carbocycles. The highest BCUT2D eigenvalue weighted by Crippen LogP contribution is 2.24. The van der Waals surface area contributed by atoms with Crippen LogP contribution in [0.5, 0.6) is 0 Å². The van der Waals surface area contributed by atoms with E-state index in [4.69, 9.17) is 5.11 Å². The van der Waals surface area contributed by atoms with Crippen molar-refractivity contribution in [3.8, 4) is 0 Å². The van der Waals surface area contributed by atoms with Gasteiger partial charge in [-0.15, -0.1) is 0 Å². The minimum Gasteiger partial charge on any atom is -0.481 e. The summed E-state index contributed by atoms with van der Waals surface area (Å²) >= 11 is 0. The normalized spacial score (nSPS) is 25.3. The maximum absolute atomic E-state index is 12.0. The monoisotopic (exact) mass is 278 g/mol. The molecule has 0 aromatic heterocycles. The smallest absolute Gasteiger partial charge is 0.304 e. The van der Waals surface area contributed by atoms with Crippen molar-refractivity contribution in [2.75, 3.05) is 13.6 Å². The number of aliphatic carboxylic acids is 1. The van der Waals surface area contributed by atoms with Gasteiger partial charge in [-0.25, -0.2) is 0 Å². The molecule has 0 spiro atoms. The fourth-order valence-electron chi connectivity index (χ4n) is 2.15. The number of nitrogens with one attached hydrogen (secondary N) is 1. The molecule has 0 radical (unpaired) electrons. The SMILES string of the molecule is CC1CCCCC1NS(=O)(=O)N(C)CCC(=O)O. The van der Waals surface area contributed by atoms with Crippen molar-refractivity contribution in [2.45, 2.75) is 45.1 Å². The molecule has 2 unspecified atom stereocenters. The number of carboxylic acid groups (broad SMARTS) is 1. The highest BCUT2D eigenvalue weighted by molar-refractivity contribution is 7.87. The van der Waals surface area contributed by atoms with Gasteiger partial charge >= 0.3 is 5.97 Å². The molecule has 1 rings (SSSR count). The van der Waals surface area contributed by atoms with Gasteiger partial charge in [0.15, 0.2) is 0 Å². The molecule has 18 heavy (non-hydrogen) atoms. The first kappa shape index (κ1) is 15.4. The average Bonchev–Trinajstić information content (AvgIpc) is 2.28. The summed E-state index contributed by atoms with van der Waals surface area (Å²) in [5, 5.41) is 8.55. The van der Waals surface area contributed by atoms with E-state index in [-0.39, 0.29) is 19.0 Å². The second-order valence-electron chi connectivity index (χ2n) is 4.96. The predicted octanol–water partition coefficient (Wildman–Crippen LogP) is 0.806. The van der Waals surface area contributed by atoms with Crippen molar-refractivity contribution >= 4 is 16.2 Å². The average molecular weight is 278 g/mol. The van der Waals surface area contributed by atoms with Crippen LogP contribution in [-0.4, -0.2) is 43.4 Å². The molecule has 0 aliphatic heterocycles. The summed E-state index contributed by atoms with van der Waals surface area (Å²) in [6.45, 7) is 2.04. The van der Waals surface area contributed by atoms with E-state index in [9.17, 15) is 13.2 Å². The standard InChI is InChI=1S/C11H22N2O4S/c1-9-5-3-4-6-10(9)12-18(16,17)13(2)8-7-11(14)15/h9-10,12H,3-8H2,1-2H3,(H,14,15).